The molecule has 0 aliphatic heterocycles. The van der Waals surface area contributed by atoms with Crippen LogP contribution in [0.3, 0.4) is 0 Å². The van der Waals surface area contributed by atoms with Gasteiger partial charge in [-0.2, -0.15) is 0 Å². The Morgan fingerprint density at radius 1 is 0.885 bits per heavy atom. The molecule has 138 valence electrons. The number of benzene rings is 2. The minimum Gasteiger partial charge on any atom is -0.381 e. The first-order valence-electron chi connectivity index (χ1n) is 9.03. The monoisotopic (exact) mass is 354 g/mol. The zero-order chi connectivity index (χ0) is 18.6. The second kappa shape index (κ2) is 11.1. The van der Waals surface area contributed by atoms with E-state index in [4.69, 9.17) is 4.74 Å². The van der Waals surface area contributed by atoms with Crippen LogP contribution in [0.15, 0.2) is 54.6 Å². The van der Waals surface area contributed by atoms with Gasteiger partial charge < -0.3 is 15.4 Å². The van der Waals surface area contributed by atoms with E-state index in [-0.39, 0.29) is 11.8 Å². The molecule has 0 radical (unpaired) electrons. The molecule has 2 aromatic carbocycles. The summed E-state index contributed by atoms with van der Waals surface area (Å²) in [4.78, 5) is 24.4. The lowest BCUT2D eigenvalue weighted by molar-refractivity contribution is 0.0939. The Labute approximate surface area is 154 Å². The molecule has 0 bridgehead atoms. The first-order chi connectivity index (χ1) is 12.7. The summed E-state index contributed by atoms with van der Waals surface area (Å²) in [6, 6.07) is 15.9. The maximum atomic E-state index is 12.2. The highest BCUT2D eigenvalue weighted by Crippen LogP contribution is 2.12. The molecule has 0 aromatic heterocycles. The third kappa shape index (κ3) is 6.69. The van der Waals surface area contributed by atoms with Gasteiger partial charge in [0.1, 0.15) is 0 Å². The lowest BCUT2D eigenvalue weighted by Crippen LogP contribution is -2.25. The Balaban J connectivity index is 1.80. The Morgan fingerprint density at radius 2 is 1.62 bits per heavy atom. The number of ether oxygens (including phenoxy) is 1. The van der Waals surface area contributed by atoms with Crippen molar-refractivity contribution >= 4 is 17.5 Å². The highest BCUT2D eigenvalue weighted by Gasteiger charge is 2.08. The summed E-state index contributed by atoms with van der Waals surface area (Å²) in [6.45, 7) is 4.10. The molecule has 5 nitrogen and oxygen atoms in total. The van der Waals surface area contributed by atoms with Crippen molar-refractivity contribution < 1.29 is 14.3 Å². The number of hydrogen-bond acceptors (Lipinski definition) is 3. The molecule has 2 N–H and O–H groups in total. The van der Waals surface area contributed by atoms with Gasteiger partial charge in [0.2, 0.25) is 0 Å². The molecular weight excluding hydrogens is 328 g/mol. The summed E-state index contributed by atoms with van der Waals surface area (Å²) >= 11 is 0. The average Bonchev–Trinajstić information content (AvgIpc) is 2.68. The summed E-state index contributed by atoms with van der Waals surface area (Å²) in [5.74, 6) is -0.359. The molecule has 26 heavy (non-hydrogen) atoms. The molecule has 0 spiro atoms. The first kappa shape index (κ1) is 19.7. The van der Waals surface area contributed by atoms with Crippen LogP contribution in [-0.4, -0.2) is 31.6 Å². The van der Waals surface area contributed by atoms with Crippen LogP contribution in [0.5, 0.6) is 0 Å². The smallest absolute Gasteiger partial charge is 0.255 e. The number of carbonyl (C=O) groups is 2. The molecule has 0 aliphatic carbocycles. The molecule has 0 saturated carbocycles. The first-order valence-corrected chi connectivity index (χ1v) is 9.03. The lowest BCUT2D eigenvalue weighted by atomic mass is 10.1. The fourth-order valence-corrected chi connectivity index (χ4v) is 2.36. The Morgan fingerprint density at radius 3 is 2.38 bits per heavy atom. The summed E-state index contributed by atoms with van der Waals surface area (Å²) in [6.07, 6.45) is 2.96. The van der Waals surface area contributed by atoms with Crippen LogP contribution in [-0.2, 0) is 4.74 Å². The van der Waals surface area contributed by atoms with Crippen molar-refractivity contribution in [3.63, 3.8) is 0 Å². The maximum Gasteiger partial charge on any atom is 0.255 e. The van der Waals surface area contributed by atoms with Crippen molar-refractivity contribution in [2.75, 3.05) is 25.1 Å². The Kier molecular flexibility index (Phi) is 8.36. The quantitative estimate of drug-likeness (QED) is 0.636. The number of hydrogen-bond donors (Lipinski definition) is 2. The van der Waals surface area contributed by atoms with E-state index in [0.29, 0.717) is 30.0 Å². The van der Waals surface area contributed by atoms with Gasteiger partial charge >= 0.3 is 0 Å². The largest absolute Gasteiger partial charge is 0.381 e. The van der Waals surface area contributed by atoms with Crippen LogP contribution in [0.25, 0.3) is 0 Å². The van der Waals surface area contributed by atoms with Gasteiger partial charge in [0.25, 0.3) is 11.8 Å². The summed E-state index contributed by atoms with van der Waals surface area (Å²) in [5, 5.41) is 5.68. The number of rotatable bonds is 10. The van der Waals surface area contributed by atoms with Crippen LogP contribution in [0.1, 0.15) is 46.9 Å². The van der Waals surface area contributed by atoms with Gasteiger partial charge in [0.05, 0.1) is 0 Å². The van der Waals surface area contributed by atoms with Gasteiger partial charge in [-0.25, -0.2) is 0 Å². The fraction of sp³-hybridized carbons (Fsp3) is 0.333. The SMILES string of the molecule is CCCCOCCCNC(=O)c1cccc(NC(=O)c2ccccc2)c1. The number of anilines is 1. The number of nitrogens with one attached hydrogen (secondary N) is 2. The number of unbranched alkanes of at least 4 members (excludes halogenated alkanes) is 1. The van der Waals surface area contributed by atoms with Crippen molar-refractivity contribution in [3.8, 4) is 0 Å². The zero-order valence-corrected chi connectivity index (χ0v) is 15.2. The third-order valence-corrected chi connectivity index (χ3v) is 3.81. The molecule has 2 rings (SSSR count). The predicted octanol–water partition coefficient (Wildman–Crippen LogP) is 3.88. The van der Waals surface area contributed by atoms with E-state index >= 15 is 0 Å². The van der Waals surface area contributed by atoms with E-state index in [1.54, 1.807) is 36.4 Å². The lowest BCUT2D eigenvalue weighted by Gasteiger charge is -2.09. The molecule has 0 fully saturated rings. The van der Waals surface area contributed by atoms with Crippen molar-refractivity contribution in [1.82, 2.24) is 5.32 Å². The van der Waals surface area contributed by atoms with Gasteiger partial charge in [-0.05, 0) is 43.2 Å². The standard InChI is InChI=1S/C21H26N2O3/c1-2-3-14-26-15-8-13-22-20(24)18-11-7-12-19(16-18)23-21(25)17-9-5-4-6-10-17/h4-7,9-12,16H,2-3,8,13-15H2,1H3,(H,22,24)(H,23,25). The molecule has 0 saturated heterocycles. The number of amides is 2. The van der Waals surface area contributed by atoms with Crippen LogP contribution >= 0.6 is 0 Å². The second-order valence-corrected chi connectivity index (χ2v) is 5.98. The van der Waals surface area contributed by atoms with Gasteiger partial charge in [0.15, 0.2) is 0 Å². The molecular formula is C21H26N2O3. The highest BCUT2D eigenvalue weighted by molar-refractivity contribution is 6.05. The Bertz CT molecular complexity index is 701. The van der Waals surface area contributed by atoms with Gasteiger partial charge in [-0.3, -0.25) is 9.59 Å². The predicted molar refractivity (Wildman–Crippen MR) is 104 cm³/mol. The normalized spacial score (nSPS) is 10.3. The van der Waals surface area contributed by atoms with Crippen LogP contribution < -0.4 is 10.6 Å². The van der Waals surface area contributed by atoms with E-state index in [2.05, 4.69) is 17.6 Å². The minimum atomic E-state index is -0.201. The highest BCUT2D eigenvalue weighted by atomic mass is 16.5. The maximum absolute atomic E-state index is 12.2. The Hall–Kier alpha value is -2.66. The van der Waals surface area contributed by atoms with Crippen LogP contribution in [0.2, 0.25) is 0 Å². The summed E-state index contributed by atoms with van der Waals surface area (Å²) < 4.78 is 5.47. The zero-order valence-electron chi connectivity index (χ0n) is 15.2. The van der Waals surface area contributed by atoms with E-state index in [1.165, 1.54) is 0 Å². The molecule has 2 aromatic rings. The minimum absolute atomic E-state index is 0.158. The van der Waals surface area contributed by atoms with E-state index < -0.39 is 0 Å². The number of carbonyl (C=O) groups excluding carboxylic acids is 2. The average molecular weight is 354 g/mol. The summed E-state index contributed by atoms with van der Waals surface area (Å²) in [5.41, 5.74) is 1.68. The van der Waals surface area contributed by atoms with Gasteiger partial charge in [-0.1, -0.05) is 37.6 Å². The fourth-order valence-electron chi connectivity index (χ4n) is 2.36. The summed E-state index contributed by atoms with van der Waals surface area (Å²) in [7, 11) is 0. The second-order valence-electron chi connectivity index (χ2n) is 5.98. The van der Waals surface area contributed by atoms with Crippen molar-refractivity contribution in [1.29, 1.82) is 0 Å². The van der Waals surface area contributed by atoms with Crippen molar-refractivity contribution in [2.24, 2.45) is 0 Å². The molecule has 2 amide bonds. The molecule has 0 heterocycles. The van der Waals surface area contributed by atoms with Crippen LogP contribution in [0.4, 0.5) is 5.69 Å². The molecule has 0 aliphatic rings. The van der Waals surface area contributed by atoms with Crippen LogP contribution in [0, 0.1) is 0 Å². The van der Waals surface area contributed by atoms with E-state index in [0.717, 1.165) is 25.9 Å². The molecule has 0 unspecified atom stereocenters. The van der Waals surface area contributed by atoms with E-state index in [9.17, 15) is 9.59 Å². The van der Waals surface area contributed by atoms with Crippen molar-refractivity contribution in [2.45, 2.75) is 26.2 Å². The van der Waals surface area contributed by atoms with Crippen molar-refractivity contribution in [3.05, 3.63) is 65.7 Å². The third-order valence-electron chi connectivity index (χ3n) is 3.81. The molecule has 5 heteroatoms. The topological polar surface area (TPSA) is 67.4 Å². The van der Waals surface area contributed by atoms with Gasteiger partial charge in [0, 0.05) is 36.6 Å². The molecule has 0 atom stereocenters. The van der Waals surface area contributed by atoms with E-state index in [1.807, 2.05) is 18.2 Å². The van der Waals surface area contributed by atoms with Gasteiger partial charge in [-0.15, -0.1) is 0 Å².